The fraction of sp³-hybridized carbons (Fsp3) is 0.440. The van der Waals surface area contributed by atoms with Gasteiger partial charge in [0.15, 0.2) is 6.61 Å². The largest absolute Gasteiger partial charge is 0.484 e. The fourth-order valence-electron chi connectivity index (χ4n) is 4.16. The lowest BCUT2D eigenvalue weighted by Crippen LogP contribution is -2.55. The molecule has 0 bridgehead atoms. The summed E-state index contributed by atoms with van der Waals surface area (Å²) in [7, 11) is 0. The molecule has 0 amide bonds. The summed E-state index contributed by atoms with van der Waals surface area (Å²) >= 11 is 6.57. The lowest BCUT2D eigenvalue weighted by atomic mass is 9.71. The van der Waals surface area contributed by atoms with Crippen LogP contribution in [-0.2, 0) is 10.2 Å². The minimum Gasteiger partial charge on any atom is -0.484 e. The van der Waals surface area contributed by atoms with E-state index in [0.717, 1.165) is 0 Å². The predicted octanol–water partition coefficient (Wildman–Crippen LogP) is 3.68. The predicted molar refractivity (Wildman–Crippen MR) is 123 cm³/mol. The lowest BCUT2D eigenvalue weighted by Gasteiger charge is -2.41. The van der Waals surface area contributed by atoms with Gasteiger partial charge in [0.25, 0.3) is 0 Å². The Labute approximate surface area is 206 Å². The number of ether oxygens (including phenoxy) is 2. The van der Waals surface area contributed by atoms with Gasteiger partial charge in [-0.25, -0.2) is 0 Å². The maximum Gasteiger partial charge on any atom is 0.422 e. The second kappa shape index (κ2) is 10.5. The molecule has 0 radical (unpaired) electrons. The van der Waals surface area contributed by atoms with Crippen LogP contribution in [0.15, 0.2) is 54.6 Å². The summed E-state index contributed by atoms with van der Waals surface area (Å²) in [5, 5.41) is 40.7. The van der Waals surface area contributed by atoms with Gasteiger partial charge >= 0.3 is 6.18 Å². The highest BCUT2D eigenvalue weighted by Crippen LogP contribution is 2.44. The standard InChI is InChI=1S/C25H28ClF3O6/c1-13(2)24(3,15-5-7-16(8-6-15)34-12-25(27,28)29)17-10-14(4-9-18(17)26)23-22(33)21(32)20(31)19(11-30)35-23/h4-10,19-23,30-33H,1,11-12H2,2-3H3. The molecular weight excluding hydrogens is 489 g/mol. The van der Waals surface area contributed by atoms with Crippen LogP contribution in [0.2, 0.25) is 5.02 Å². The van der Waals surface area contributed by atoms with Crippen LogP contribution >= 0.6 is 11.6 Å². The van der Waals surface area contributed by atoms with Crippen LogP contribution in [0, 0.1) is 0 Å². The zero-order valence-electron chi connectivity index (χ0n) is 19.2. The Morgan fingerprint density at radius 2 is 1.69 bits per heavy atom. The van der Waals surface area contributed by atoms with Gasteiger partial charge in [0.2, 0.25) is 0 Å². The number of aliphatic hydroxyl groups excluding tert-OH is 4. The second-order valence-electron chi connectivity index (χ2n) is 8.82. The van der Waals surface area contributed by atoms with Gasteiger partial charge in [0, 0.05) is 10.4 Å². The summed E-state index contributed by atoms with van der Waals surface area (Å²) < 4.78 is 47.9. The minimum atomic E-state index is -4.46. The molecule has 6 atom stereocenters. The van der Waals surface area contributed by atoms with Crippen LogP contribution in [0.25, 0.3) is 0 Å². The lowest BCUT2D eigenvalue weighted by molar-refractivity contribution is -0.231. The van der Waals surface area contributed by atoms with E-state index < -0.39 is 55.3 Å². The van der Waals surface area contributed by atoms with E-state index in [4.69, 9.17) is 21.1 Å². The van der Waals surface area contributed by atoms with Gasteiger partial charge in [0.05, 0.1) is 6.61 Å². The van der Waals surface area contributed by atoms with E-state index in [2.05, 4.69) is 6.58 Å². The van der Waals surface area contributed by atoms with Crippen molar-refractivity contribution in [3.05, 3.63) is 76.3 Å². The molecule has 4 N–H and O–H groups in total. The van der Waals surface area contributed by atoms with Gasteiger partial charge < -0.3 is 29.9 Å². The van der Waals surface area contributed by atoms with E-state index >= 15 is 0 Å². The van der Waals surface area contributed by atoms with Gasteiger partial charge in [-0.1, -0.05) is 48.0 Å². The first kappa shape index (κ1) is 27.4. The van der Waals surface area contributed by atoms with Crippen LogP contribution in [0.1, 0.15) is 36.6 Å². The van der Waals surface area contributed by atoms with Crippen LogP contribution in [0.5, 0.6) is 5.75 Å². The Hall–Kier alpha value is -2.14. The third-order valence-electron chi connectivity index (χ3n) is 6.44. The first-order chi connectivity index (χ1) is 16.3. The molecule has 6 nitrogen and oxygen atoms in total. The zero-order valence-corrected chi connectivity index (χ0v) is 19.9. The molecule has 6 unspecified atom stereocenters. The van der Waals surface area contributed by atoms with E-state index in [1.807, 2.05) is 6.92 Å². The molecule has 0 saturated carbocycles. The van der Waals surface area contributed by atoms with Crippen LogP contribution in [-0.4, -0.2) is 64.2 Å². The Bertz CT molecular complexity index is 1040. The Balaban J connectivity index is 2.00. The summed E-state index contributed by atoms with van der Waals surface area (Å²) in [6.07, 6.45) is -11.1. The average Bonchev–Trinajstić information content (AvgIpc) is 2.81. The normalized spacial score (nSPS) is 26.7. The smallest absolute Gasteiger partial charge is 0.422 e. The number of halogens is 4. The second-order valence-corrected chi connectivity index (χ2v) is 9.23. The topological polar surface area (TPSA) is 99.4 Å². The van der Waals surface area contributed by atoms with Crippen molar-refractivity contribution < 1.29 is 43.1 Å². The molecule has 1 fully saturated rings. The van der Waals surface area contributed by atoms with Crippen LogP contribution in [0.3, 0.4) is 0 Å². The maximum atomic E-state index is 12.5. The molecule has 35 heavy (non-hydrogen) atoms. The number of allylic oxidation sites excluding steroid dienone is 1. The molecule has 192 valence electrons. The molecule has 1 aliphatic heterocycles. The van der Waals surface area contributed by atoms with E-state index in [0.29, 0.717) is 27.3 Å². The van der Waals surface area contributed by atoms with E-state index in [9.17, 15) is 33.6 Å². The van der Waals surface area contributed by atoms with Crippen molar-refractivity contribution in [1.82, 2.24) is 0 Å². The molecule has 0 aromatic heterocycles. The molecule has 1 heterocycles. The Morgan fingerprint density at radius 1 is 1.06 bits per heavy atom. The number of rotatable bonds is 7. The van der Waals surface area contributed by atoms with Crippen molar-refractivity contribution in [2.45, 2.75) is 56.0 Å². The zero-order chi connectivity index (χ0) is 26.1. The van der Waals surface area contributed by atoms with Gasteiger partial charge in [-0.05, 0) is 48.7 Å². The third kappa shape index (κ3) is 5.66. The summed E-state index contributed by atoms with van der Waals surface area (Å²) in [6, 6.07) is 11.0. The number of hydrogen-bond acceptors (Lipinski definition) is 6. The Kier molecular flexibility index (Phi) is 8.20. The van der Waals surface area contributed by atoms with Crippen LogP contribution in [0.4, 0.5) is 13.2 Å². The Morgan fingerprint density at radius 3 is 2.23 bits per heavy atom. The highest BCUT2D eigenvalue weighted by Gasteiger charge is 2.44. The molecule has 2 aromatic rings. The van der Waals surface area contributed by atoms with Crippen molar-refractivity contribution in [3.63, 3.8) is 0 Å². The highest BCUT2D eigenvalue weighted by atomic mass is 35.5. The van der Waals surface area contributed by atoms with Crippen molar-refractivity contribution in [3.8, 4) is 5.75 Å². The van der Waals surface area contributed by atoms with Gasteiger partial charge in [-0.3, -0.25) is 0 Å². The number of hydrogen-bond donors (Lipinski definition) is 4. The molecule has 1 aliphatic rings. The first-order valence-electron chi connectivity index (χ1n) is 10.9. The summed E-state index contributed by atoms with van der Waals surface area (Å²) in [5.74, 6) is 0.0521. The molecule has 2 aromatic carbocycles. The third-order valence-corrected chi connectivity index (χ3v) is 6.77. The van der Waals surface area contributed by atoms with Crippen LogP contribution < -0.4 is 4.74 Å². The quantitative estimate of drug-likeness (QED) is 0.419. The average molecular weight is 517 g/mol. The van der Waals surface area contributed by atoms with Gasteiger partial charge in [-0.15, -0.1) is 0 Å². The summed E-state index contributed by atoms with van der Waals surface area (Å²) in [4.78, 5) is 0. The van der Waals surface area contributed by atoms with E-state index in [1.54, 1.807) is 37.3 Å². The van der Waals surface area contributed by atoms with Gasteiger partial charge in [0.1, 0.15) is 36.3 Å². The van der Waals surface area contributed by atoms with Crippen molar-refractivity contribution in [2.75, 3.05) is 13.2 Å². The fourth-order valence-corrected chi connectivity index (χ4v) is 4.47. The molecule has 1 saturated heterocycles. The van der Waals surface area contributed by atoms with Crippen molar-refractivity contribution in [2.24, 2.45) is 0 Å². The minimum absolute atomic E-state index is 0.0521. The molecule has 3 rings (SSSR count). The molecule has 0 spiro atoms. The molecule has 0 aliphatic carbocycles. The van der Waals surface area contributed by atoms with Crippen molar-refractivity contribution >= 4 is 11.6 Å². The first-order valence-corrected chi connectivity index (χ1v) is 11.2. The maximum absolute atomic E-state index is 12.5. The van der Waals surface area contributed by atoms with Crippen molar-refractivity contribution in [1.29, 1.82) is 0 Å². The summed E-state index contributed by atoms with van der Waals surface area (Å²) in [6.45, 7) is 5.75. The molecular formula is C25H28ClF3O6. The SMILES string of the molecule is C=C(C)C(C)(c1ccc(OCC(F)(F)F)cc1)c1cc(C2OC(CO)C(O)C(O)C2O)ccc1Cl. The summed E-state index contributed by atoms with van der Waals surface area (Å²) in [5.41, 5.74) is 1.47. The molecule has 10 heteroatoms. The highest BCUT2D eigenvalue weighted by molar-refractivity contribution is 6.31. The van der Waals surface area contributed by atoms with E-state index in [1.165, 1.54) is 12.1 Å². The van der Waals surface area contributed by atoms with Gasteiger partial charge in [-0.2, -0.15) is 13.2 Å². The number of benzene rings is 2. The van der Waals surface area contributed by atoms with E-state index in [-0.39, 0.29) is 5.75 Å². The number of alkyl halides is 3. The monoisotopic (exact) mass is 516 g/mol. The number of aliphatic hydroxyl groups is 4.